The van der Waals surface area contributed by atoms with Crippen LogP contribution < -0.4 is 5.32 Å². The highest BCUT2D eigenvalue weighted by Gasteiger charge is 2.11. The van der Waals surface area contributed by atoms with Gasteiger partial charge in [-0.3, -0.25) is 4.79 Å². The molecule has 1 aromatic rings. The molecule has 0 aliphatic rings. The summed E-state index contributed by atoms with van der Waals surface area (Å²) in [5.74, 6) is 5.71. The molecule has 0 aliphatic carbocycles. The molecule has 1 amide bonds. The molecule has 4 heteroatoms. The molecule has 1 unspecified atom stereocenters. The number of carbonyl (C=O) groups excluding carboxylic acids is 1. The number of carbonyl (C=O) groups is 1. The van der Waals surface area contributed by atoms with Gasteiger partial charge in [0.15, 0.2) is 0 Å². The summed E-state index contributed by atoms with van der Waals surface area (Å²) in [6.45, 7) is 4.69. The Morgan fingerprint density at radius 2 is 2.25 bits per heavy atom. The second-order valence-electron chi connectivity index (χ2n) is 4.58. The zero-order valence-corrected chi connectivity index (χ0v) is 13.0. The lowest BCUT2D eigenvalue weighted by Crippen LogP contribution is -2.29. The van der Waals surface area contributed by atoms with Crippen molar-refractivity contribution in [2.75, 3.05) is 19.4 Å². The quantitative estimate of drug-likeness (QED) is 0.818. The molecule has 2 N–H and O–H groups in total. The maximum absolute atomic E-state index is 12.2. The Morgan fingerprint density at radius 1 is 1.50 bits per heavy atom. The van der Waals surface area contributed by atoms with Gasteiger partial charge in [-0.05, 0) is 25.3 Å². The van der Waals surface area contributed by atoms with E-state index >= 15 is 0 Å². The highest BCUT2D eigenvalue weighted by atomic mass is 32.2. The van der Waals surface area contributed by atoms with E-state index in [0.717, 1.165) is 5.56 Å². The van der Waals surface area contributed by atoms with Gasteiger partial charge in [0.05, 0.1) is 12.2 Å². The molecule has 0 saturated carbocycles. The van der Waals surface area contributed by atoms with Gasteiger partial charge in [-0.2, -0.15) is 11.8 Å². The van der Waals surface area contributed by atoms with Crippen LogP contribution in [0.2, 0.25) is 0 Å². The lowest BCUT2D eigenvalue weighted by molar-refractivity contribution is 0.0954. The lowest BCUT2D eigenvalue weighted by Gasteiger charge is -2.11. The summed E-state index contributed by atoms with van der Waals surface area (Å²) in [6.07, 6.45) is 2.44. The summed E-state index contributed by atoms with van der Waals surface area (Å²) in [4.78, 5) is 12.2. The van der Waals surface area contributed by atoms with E-state index in [0.29, 0.717) is 29.3 Å². The van der Waals surface area contributed by atoms with Crippen molar-refractivity contribution in [3.8, 4) is 11.8 Å². The second kappa shape index (κ2) is 8.68. The summed E-state index contributed by atoms with van der Waals surface area (Å²) in [6, 6.07) is 5.64. The van der Waals surface area contributed by atoms with Crippen LogP contribution in [0.5, 0.6) is 0 Å². The topological polar surface area (TPSA) is 49.3 Å². The molecule has 0 radical (unpaired) electrons. The van der Waals surface area contributed by atoms with Crippen LogP contribution in [0.25, 0.3) is 0 Å². The monoisotopic (exact) mass is 291 g/mol. The maximum atomic E-state index is 12.2. The van der Waals surface area contributed by atoms with E-state index in [9.17, 15) is 4.79 Å². The van der Waals surface area contributed by atoms with Crippen molar-refractivity contribution in [1.29, 1.82) is 0 Å². The Bertz CT molecular complexity index is 517. The highest BCUT2D eigenvalue weighted by molar-refractivity contribution is 7.99. The van der Waals surface area contributed by atoms with Crippen LogP contribution >= 0.6 is 11.8 Å². The molecule has 0 heterocycles. The summed E-state index contributed by atoms with van der Waals surface area (Å²) in [5, 5.41) is 12.1. The number of rotatable bonds is 5. The number of nitrogens with one attached hydrogen (secondary N) is 1. The molecule has 0 aliphatic heterocycles. The molecule has 1 atom stereocenters. The van der Waals surface area contributed by atoms with Crippen LogP contribution in [0.1, 0.15) is 34.8 Å². The molecule has 0 saturated heterocycles. The average Bonchev–Trinajstić information content (AvgIpc) is 2.46. The minimum Gasteiger partial charge on any atom is -0.395 e. The van der Waals surface area contributed by atoms with Crippen LogP contribution in [-0.2, 0) is 0 Å². The number of hydrogen-bond donors (Lipinski definition) is 2. The average molecular weight is 291 g/mol. The smallest absolute Gasteiger partial charge is 0.252 e. The van der Waals surface area contributed by atoms with Crippen LogP contribution in [0.4, 0.5) is 0 Å². The first-order valence-electron chi connectivity index (χ1n) is 6.60. The molecule has 0 aromatic heterocycles. The van der Waals surface area contributed by atoms with E-state index in [2.05, 4.69) is 24.1 Å². The second-order valence-corrected chi connectivity index (χ2v) is 5.86. The molecular formula is C16H21NO2S. The number of benzene rings is 1. The van der Waals surface area contributed by atoms with Gasteiger partial charge < -0.3 is 10.4 Å². The zero-order chi connectivity index (χ0) is 15.0. The number of aliphatic hydroxyl groups is 1. The normalized spacial score (nSPS) is 11.4. The first-order valence-corrected chi connectivity index (χ1v) is 7.88. The summed E-state index contributed by atoms with van der Waals surface area (Å²) in [5.41, 5.74) is 2.34. The molecule has 108 valence electrons. The number of hydrogen-bond acceptors (Lipinski definition) is 3. The Morgan fingerprint density at radius 3 is 2.90 bits per heavy atom. The Labute approximate surface area is 125 Å². The Balaban J connectivity index is 2.89. The predicted molar refractivity (Wildman–Crippen MR) is 85.1 cm³/mol. The number of aryl methyl sites for hydroxylation is 1. The van der Waals surface area contributed by atoms with E-state index < -0.39 is 0 Å². The summed E-state index contributed by atoms with van der Waals surface area (Å²) in [7, 11) is 0. The van der Waals surface area contributed by atoms with Crippen molar-refractivity contribution in [3.05, 3.63) is 34.9 Å². The molecule has 1 rings (SSSR count). The van der Waals surface area contributed by atoms with E-state index in [1.54, 1.807) is 11.8 Å². The van der Waals surface area contributed by atoms with E-state index in [4.69, 9.17) is 5.11 Å². The molecule has 20 heavy (non-hydrogen) atoms. The van der Waals surface area contributed by atoms with Gasteiger partial charge in [0.1, 0.15) is 0 Å². The lowest BCUT2D eigenvalue weighted by atomic mass is 10.0. The van der Waals surface area contributed by atoms with Crippen LogP contribution in [0.15, 0.2) is 18.2 Å². The van der Waals surface area contributed by atoms with Crippen LogP contribution in [-0.4, -0.2) is 35.7 Å². The van der Waals surface area contributed by atoms with Crippen LogP contribution in [0.3, 0.4) is 0 Å². The van der Waals surface area contributed by atoms with Gasteiger partial charge in [0, 0.05) is 23.8 Å². The SMILES string of the molecule is CSC(C)CNC(=O)c1cc(C)ccc1C#CCCO. The highest BCUT2D eigenvalue weighted by Crippen LogP contribution is 2.11. The molecular weight excluding hydrogens is 270 g/mol. The first kappa shape index (κ1) is 16.6. The molecule has 1 aromatic carbocycles. The van der Waals surface area contributed by atoms with Crippen molar-refractivity contribution in [1.82, 2.24) is 5.32 Å². The molecule has 0 fully saturated rings. The number of amides is 1. The zero-order valence-electron chi connectivity index (χ0n) is 12.2. The van der Waals surface area contributed by atoms with Crippen LogP contribution in [0, 0.1) is 18.8 Å². The van der Waals surface area contributed by atoms with Crippen molar-refractivity contribution in [2.24, 2.45) is 0 Å². The Kier molecular flexibility index (Phi) is 7.21. The van der Waals surface area contributed by atoms with Gasteiger partial charge in [-0.15, -0.1) is 0 Å². The van der Waals surface area contributed by atoms with Gasteiger partial charge in [-0.1, -0.05) is 30.4 Å². The largest absolute Gasteiger partial charge is 0.395 e. The predicted octanol–water partition coefficient (Wildman–Crippen LogP) is 2.21. The van der Waals surface area contributed by atoms with E-state index in [1.807, 2.05) is 31.4 Å². The molecule has 3 nitrogen and oxygen atoms in total. The minimum atomic E-state index is -0.0945. The van der Waals surface area contributed by atoms with E-state index in [-0.39, 0.29) is 12.5 Å². The number of aliphatic hydroxyl groups excluding tert-OH is 1. The van der Waals surface area contributed by atoms with Gasteiger partial charge >= 0.3 is 0 Å². The third kappa shape index (κ3) is 5.28. The standard InChI is InChI=1S/C16H21NO2S/c1-12-7-8-14(6-4-5-9-18)15(10-12)16(19)17-11-13(2)20-3/h7-8,10,13,18H,5,9,11H2,1-3H3,(H,17,19). The fraction of sp³-hybridized carbons (Fsp3) is 0.438. The minimum absolute atomic E-state index is 0.0334. The van der Waals surface area contributed by atoms with E-state index in [1.165, 1.54) is 0 Å². The van der Waals surface area contributed by atoms with Crippen molar-refractivity contribution in [2.45, 2.75) is 25.5 Å². The summed E-state index contributed by atoms with van der Waals surface area (Å²) < 4.78 is 0. The van der Waals surface area contributed by atoms with Crippen molar-refractivity contribution in [3.63, 3.8) is 0 Å². The number of thioether (sulfide) groups is 1. The summed E-state index contributed by atoms with van der Waals surface area (Å²) >= 11 is 1.72. The molecule has 0 spiro atoms. The van der Waals surface area contributed by atoms with Crippen molar-refractivity contribution < 1.29 is 9.90 Å². The van der Waals surface area contributed by atoms with Crippen molar-refractivity contribution >= 4 is 17.7 Å². The fourth-order valence-electron chi connectivity index (χ4n) is 1.58. The third-order valence-corrected chi connectivity index (χ3v) is 3.80. The first-order chi connectivity index (χ1) is 9.58. The Hall–Kier alpha value is -1.44. The molecule has 0 bridgehead atoms. The van der Waals surface area contributed by atoms with Gasteiger partial charge in [0.2, 0.25) is 0 Å². The van der Waals surface area contributed by atoms with Gasteiger partial charge in [-0.25, -0.2) is 0 Å². The third-order valence-electron chi connectivity index (χ3n) is 2.83. The van der Waals surface area contributed by atoms with Gasteiger partial charge in [0.25, 0.3) is 5.91 Å². The fourth-order valence-corrected chi connectivity index (χ4v) is 1.83. The maximum Gasteiger partial charge on any atom is 0.252 e.